The highest BCUT2D eigenvalue weighted by Crippen LogP contribution is 2.23. The van der Waals surface area contributed by atoms with Crippen molar-refractivity contribution in [2.75, 3.05) is 6.61 Å². The van der Waals surface area contributed by atoms with E-state index in [0.717, 1.165) is 19.0 Å². The SMILES string of the molecule is Cc1nc(C(C)C)cn1CCOC1CC1. The van der Waals surface area contributed by atoms with Gasteiger partial charge in [0.25, 0.3) is 0 Å². The van der Waals surface area contributed by atoms with Crippen LogP contribution in [0.3, 0.4) is 0 Å². The smallest absolute Gasteiger partial charge is 0.105 e. The summed E-state index contributed by atoms with van der Waals surface area (Å²) < 4.78 is 7.83. The number of imidazole rings is 1. The molecule has 3 nitrogen and oxygen atoms in total. The Labute approximate surface area is 91.5 Å². The van der Waals surface area contributed by atoms with E-state index in [1.54, 1.807) is 0 Å². The first-order valence-electron chi connectivity index (χ1n) is 5.82. The molecule has 15 heavy (non-hydrogen) atoms. The molecule has 0 saturated heterocycles. The summed E-state index contributed by atoms with van der Waals surface area (Å²) in [7, 11) is 0. The first-order valence-corrected chi connectivity index (χ1v) is 5.82. The van der Waals surface area contributed by atoms with Gasteiger partial charge in [-0.05, 0) is 25.7 Å². The van der Waals surface area contributed by atoms with Gasteiger partial charge in [0.2, 0.25) is 0 Å². The summed E-state index contributed by atoms with van der Waals surface area (Å²) in [6.07, 6.45) is 5.20. The van der Waals surface area contributed by atoms with E-state index < -0.39 is 0 Å². The molecule has 1 fully saturated rings. The van der Waals surface area contributed by atoms with Crippen LogP contribution in [-0.4, -0.2) is 22.3 Å². The van der Waals surface area contributed by atoms with Crippen molar-refractivity contribution in [2.24, 2.45) is 0 Å². The summed E-state index contributed by atoms with van der Waals surface area (Å²) in [5.41, 5.74) is 1.18. The topological polar surface area (TPSA) is 27.1 Å². The zero-order valence-corrected chi connectivity index (χ0v) is 9.86. The largest absolute Gasteiger partial charge is 0.376 e. The molecule has 0 radical (unpaired) electrons. The molecule has 0 amide bonds. The monoisotopic (exact) mass is 208 g/mol. The van der Waals surface area contributed by atoms with Gasteiger partial charge in [-0.25, -0.2) is 4.98 Å². The van der Waals surface area contributed by atoms with E-state index >= 15 is 0 Å². The summed E-state index contributed by atoms with van der Waals surface area (Å²) >= 11 is 0. The number of hydrogen-bond donors (Lipinski definition) is 0. The van der Waals surface area contributed by atoms with Crippen LogP contribution in [0.5, 0.6) is 0 Å². The van der Waals surface area contributed by atoms with E-state index in [-0.39, 0.29) is 0 Å². The minimum absolute atomic E-state index is 0.509. The van der Waals surface area contributed by atoms with Crippen LogP contribution in [0.1, 0.15) is 44.1 Å². The maximum absolute atomic E-state index is 5.63. The second-order valence-electron chi connectivity index (χ2n) is 4.63. The highest BCUT2D eigenvalue weighted by molar-refractivity contribution is 5.06. The number of aromatic nitrogens is 2. The molecule has 1 aromatic heterocycles. The molecule has 0 aliphatic heterocycles. The van der Waals surface area contributed by atoms with Crippen LogP contribution in [0, 0.1) is 6.92 Å². The van der Waals surface area contributed by atoms with E-state index in [1.807, 2.05) is 0 Å². The average Bonchev–Trinajstić information content (AvgIpc) is 2.91. The van der Waals surface area contributed by atoms with Crippen molar-refractivity contribution >= 4 is 0 Å². The van der Waals surface area contributed by atoms with Crippen molar-refractivity contribution in [1.82, 2.24) is 9.55 Å². The van der Waals surface area contributed by atoms with Gasteiger partial charge in [0.15, 0.2) is 0 Å². The first kappa shape index (κ1) is 10.7. The van der Waals surface area contributed by atoms with Crippen molar-refractivity contribution in [3.63, 3.8) is 0 Å². The van der Waals surface area contributed by atoms with Gasteiger partial charge in [-0.3, -0.25) is 0 Å². The molecular weight excluding hydrogens is 188 g/mol. The molecule has 0 spiro atoms. The minimum Gasteiger partial charge on any atom is -0.376 e. The van der Waals surface area contributed by atoms with E-state index in [2.05, 4.69) is 36.5 Å². The van der Waals surface area contributed by atoms with E-state index in [1.165, 1.54) is 18.5 Å². The minimum atomic E-state index is 0.509. The van der Waals surface area contributed by atoms with Gasteiger partial charge in [-0.1, -0.05) is 13.8 Å². The normalized spacial score (nSPS) is 16.3. The first-order chi connectivity index (χ1) is 7.16. The van der Waals surface area contributed by atoms with Gasteiger partial charge < -0.3 is 9.30 Å². The molecule has 1 aliphatic rings. The quantitative estimate of drug-likeness (QED) is 0.743. The van der Waals surface area contributed by atoms with Crippen LogP contribution < -0.4 is 0 Å². The Hall–Kier alpha value is -0.830. The second-order valence-corrected chi connectivity index (χ2v) is 4.63. The lowest BCUT2D eigenvalue weighted by Gasteiger charge is -2.04. The Bertz CT molecular complexity index is 326. The van der Waals surface area contributed by atoms with Gasteiger partial charge >= 0.3 is 0 Å². The fraction of sp³-hybridized carbons (Fsp3) is 0.750. The van der Waals surface area contributed by atoms with Crippen molar-refractivity contribution < 1.29 is 4.74 Å². The highest BCUT2D eigenvalue weighted by Gasteiger charge is 2.21. The highest BCUT2D eigenvalue weighted by atomic mass is 16.5. The lowest BCUT2D eigenvalue weighted by atomic mass is 10.2. The van der Waals surface area contributed by atoms with Crippen LogP contribution in [0.4, 0.5) is 0 Å². The predicted octanol–water partition coefficient (Wildman–Crippen LogP) is 2.49. The van der Waals surface area contributed by atoms with Crippen LogP contribution in [-0.2, 0) is 11.3 Å². The third-order valence-corrected chi connectivity index (χ3v) is 2.80. The molecule has 0 bridgehead atoms. The summed E-state index contributed by atoms with van der Waals surface area (Å²) in [6, 6.07) is 0. The summed E-state index contributed by atoms with van der Waals surface area (Å²) in [5, 5.41) is 0. The fourth-order valence-corrected chi connectivity index (χ4v) is 1.59. The molecule has 0 atom stereocenters. The third kappa shape index (κ3) is 2.81. The Morgan fingerprint density at radius 1 is 1.53 bits per heavy atom. The molecule has 0 aromatic carbocycles. The number of hydrogen-bond acceptors (Lipinski definition) is 2. The molecular formula is C12H20N2O. The van der Waals surface area contributed by atoms with Crippen molar-refractivity contribution in [2.45, 2.75) is 52.2 Å². The zero-order valence-electron chi connectivity index (χ0n) is 9.86. The van der Waals surface area contributed by atoms with Crippen LogP contribution in [0.25, 0.3) is 0 Å². The molecule has 1 aliphatic carbocycles. The summed E-state index contributed by atoms with van der Waals surface area (Å²) in [6.45, 7) is 8.16. The molecule has 0 N–H and O–H groups in total. The number of ether oxygens (including phenoxy) is 1. The number of rotatable bonds is 5. The third-order valence-electron chi connectivity index (χ3n) is 2.80. The molecule has 3 heteroatoms. The van der Waals surface area contributed by atoms with Crippen LogP contribution in [0.15, 0.2) is 6.20 Å². The Balaban J connectivity index is 1.88. The number of nitrogens with zero attached hydrogens (tertiary/aromatic N) is 2. The predicted molar refractivity (Wildman–Crippen MR) is 60.0 cm³/mol. The molecule has 2 rings (SSSR count). The summed E-state index contributed by atoms with van der Waals surface area (Å²) in [4.78, 5) is 4.53. The fourth-order valence-electron chi connectivity index (χ4n) is 1.59. The lowest BCUT2D eigenvalue weighted by Crippen LogP contribution is -2.07. The van der Waals surface area contributed by atoms with Crippen molar-refractivity contribution in [3.05, 3.63) is 17.7 Å². The Kier molecular flexibility index (Phi) is 3.10. The molecule has 1 aromatic rings. The lowest BCUT2D eigenvalue weighted by molar-refractivity contribution is 0.111. The van der Waals surface area contributed by atoms with Gasteiger partial charge in [0.1, 0.15) is 5.82 Å². The molecule has 0 unspecified atom stereocenters. The van der Waals surface area contributed by atoms with Crippen LogP contribution >= 0.6 is 0 Å². The maximum atomic E-state index is 5.63. The average molecular weight is 208 g/mol. The Morgan fingerprint density at radius 2 is 2.27 bits per heavy atom. The zero-order chi connectivity index (χ0) is 10.8. The van der Waals surface area contributed by atoms with Crippen molar-refractivity contribution in [1.29, 1.82) is 0 Å². The molecule has 84 valence electrons. The van der Waals surface area contributed by atoms with Gasteiger partial charge in [-0.15, -0.1) is 0 Å². The van der Waals surface area contributed by atoms with Crippen LogP contribution in [0.2, 0.25) is 0 Å². The molecule has 1 heterocycles. The number of aryl methyl sites for hydroxylation is 1. The van der Waals surface area contributed by atoms with Gasteiger partial charge in [0.05, 0.1) is 18.4 Å². The van der Waals surface area contributed by atoms with E-state index in [0.29, 0.717) is 12.0 Å². The van der Waals surface area contributed by atoms with Gasteiger partial charge in [-0.2, -0.15) is 0 Å². The standard InChI is InChI=1S/C12H20N2O/c1-9(2)12-8-14(10(3)13-12)6-7-15-11-4-5-11/h8-9,11H,4-7H2,1-3H3. The summed E-state index contributed by atoms with van der Waals surface area (Å²) in [5.74, 6) is 1.60. The molecule has 1 saturated carbocycles. The maximum Gasteiger partial charge on any atom is 0.105 e. The van der Waals surface area contributed by atoms with Gasteiger partial charge in [0, 0.05) is 12.7 Å². The Morgan fingerprint density at radius 3 is 2.80 bits per heavy atom. The van der Waals surface area contributed by atoms with E-state index in [4.69, 9.17) is 4.74 Å². The van der Waals surface area contributed by atoms with Crippen molar-refractivity contribution in [3.8, 4) is 0 Å². The second kappa shape index (κ2) is 4.35. The van der Waals surface area contributed by atoms with E-state index in [9.17, 15) is 0 Å².